The number of para-hydroxylation sites is 2. The first-order chi connectivity index (χ1) is 37.2. The van der Waals surface area contributed by atoms with E-state index < -0.39 is 0 Å². The van der Waals surface area contributed by atoms with Gasteiger partial charge in [-0.25, -0.2) is 0 Å². The highest BCUT2D eigenvalue weighted by Crippen LogP contribution is 2.60. The van der Waals surface area contributed by atoms with Gasteiger partial charge in [0.2, 0.25) is 0 Å². The van der Waals surface area contributed by atoms with E-state index in [1.165, 1.54) is 117 Å². The molecule has 4 nitrogen and oxygen atoms in total. The first kappa shape index (κ1) is 48.6. The van der Waals surface area contributed by atoms with E-state index >= 15 is 0 Å². The number of aryl methyl sites for hydroxylation is 4. The lowest BCUT2D eigenvalue weighted by atomic mass is 9.43. The van der Waals surface area contributed by atoms with Gasteiger partial charge in [-0.05, 0) is 200 Å². The predicted octanol–water partition coefficient (Wildman–Crippen LogP) is 18.8. The van der Waals surface area contributed by atoms with E-state index in [4.69, 9.17) is 9.47 Å². The number of rotatable bonds is 4. The third-order valence-electron chi connectivity index (χ3n) is 18.7. The second-order valence-electron chi connectivity index (χ2n) is 26.2. The van der Waals surface area contributed by atoms with Gasteiger partial charge in [-0.15, -0.1) is 0 Å². The molecule has 0 saturated heterocycles. The van der Waals surface area contributed by atoms with Crippen molar-refractivity contribution in [3.8, 4) is 67.5 Å². The van der Waals surface area contributed by atoms with Crippen LogP contribution >= 0.6 is 0 Å². The van der Waals surface area contributed by atoms with E-state index in [1.54, 1.807) is 0 Å². The number of benzene rings is 9. The van der Waals surface area contributed by atoms with E-state index in [0.717, 1.165) is 35.4 Å². The molecular weight excluding hydrogens is 948 g/mol. The summed E-state index contributed by atoms with van der Waals surface area (Å²) in [6, 6.07) is 60.1. The Morgan fingerprint density at radius 2 is 1.06 bits per heavy atom. The van der Waals surface area contributed by atoms with Crippen LogP contribution in [0.25, 0.3) is 44.5 Å². The van der Waals surface area contributed by atoms with Crippen LogP contribution in [0.4, 0.5) is 28.4 Å². The lowest BCUT2D eigenvalue weighted by molar-refractivity contribution is 0.332. The number of anilines is 5. The van der Waals surface area contributed by atoms with Crippen LogP contribution in [0.2, 0.25) is 0 Å². The molecule has 78 heavy (non-hydrogen) atoms. The van der Waals surface area contributed by atoms with Crippen molar-refractivity contribution in [2.75, 3.05) is 9.71 Å². The molecule has 14 rings (SSSR count). The van der Waals surface area contributed by atoms with Crippen LogP contribution < -0.4 is 30.1 Å². The molecule has 0 spiro atoms. The zero-order chi connectivity index (χ0) is 54.1. The molecule has 0 saturated carbocycles. The normalized spacial score (nSPS) is 16.3. The number of hydrogen-bond donors (Lipinski definition) is 0. The van der Waals surface area contributed by atoms with Crippen LogP contribution in [0, 0.1) is 27.7 Å². The van der Waals surface area contributed by atoms with Gasteiger partial charge in [0, 0.05) is 51.0 Å². The monoisotopic (exact) mass is 1020 g/mol. The first-order valence-corrected chi connectivity index (χ1v) is 28.3. The number of fused-ring (bicyclic) bond motifs is 11. The summed E-state index contributed by atoms with van der Waals surface area (Å²) in [4.78, 5) is 5.35. The Morgan fingerprint density at radius 1 is 0.436 bits per heavy atom. The molecule has 0 radical (unpaired) electrons. The van der Waals surface area contributed by atoms with Crippen LogP contribution in [0.3, 0.4) is 0 Å². The van der Waals surface area contributed by atoms with Gasteiger partial charge in [-0.2, -0.15) is 0 Å². The van der Waals surface area contributed by atoms with E-state index in [9.17, 15) is 0 Å². The van der Waals surface area contributed by atoms with E-state index in [2.05, 4.69) is 233 Å². The Kier molecular flexibility index (Phi) is 10.4. The molecule has 5 aliphatic rings. The molecule has 3 heterocycles. The molecule has 0 amide bonds. The fourth-order valence-corrected chi connectivity index (χ4v) is 14.6. The maximum atomic E-state index is 6.99. The van der Waals surface area contributed by atoms with Crippen LogP contribution in [0.15, 0.2) is 158 Å². The van der Waals surface area contributed by atoms with Gasteiger partial charge >= 0.3 is 6.85 Å². The average Bonchev–Trinajstić information content (AvgIpc) is 3.68. The predicted molar refractivity (Wildman–Crippen MR) is 328 cm³/mol. The van der Waals surface area contributed by atoms with Gasteiger partial charge in [0.1, 0.15) is 0 Å². The van der Waals surface area contributed by atoms with Crippen molar-refractivity contribution in [1.29, 1.82) is 0 Å². The summed E-state index contributed by atoms with van der Waals surface area (Å²) >= 11 is 0. The standard InChI is InChI=1S/C73H69BN2O2/c1-42-33-44(3)66(45(4)34-42)47-36-51-68-58(30-28-53-67(68)49-23-17-18-24-52(49)73(53,12)13)76(57-29-27-48(70(5,6)7)38-50(57)46-21-15-14-16-22-46)74-56-40-64-65(78-63-26-20-19-25-62(63)77-64)41-60(56)75(61(37-47)69(51)74)59-39-55-54(35-43(59)2)71(8,9)31-32-72(55,10)11/h14-30,33-41H,31-32H2,1-13H3. The highest BCUT2D eigenvalue weighted by Gasteiger charge is 2.50. The zero-order valence-corrected chi connectivity index (χ0v) is 47.7. The van der Waals surface area contributed by atoms with Crippen molar-refractivity contribution >= 4 is 46.2 Å². The summed E-state index contributed by atoms with van der Waals surface area (Å²) < 4.78 is 14.0. The third kappa shape index (κ3) is 7.05. The van der Waals surface area contributed by atoms with Crippen LogP contribution in [-0.2, 0) is 21.7 Å². The molecule has 0 unspecified atom stereocenters. The Bertz CT molecular complexity index is 4040. The molecule has 9 aromatic rings. The van der Waals surface area contributed by atoms with E-state index in [-0.39, 0.29) is 28.5 Å². The van der Waals surface area contributed by atoms with Crippen LogP contribution in [-0.4, -0.2) is 6.85 Å². The minimum absolute atomic E-state index is 0.0219. The van der Waals surface area contributed by atoms with E-state index in [1.807, 2.05) is 24.3 Å². The van der Waals surface area contributed by atoms with Crippen molar-refractivity contribution in [3.05, 3.63) is 208 Å². The highest BCUT2D eigenvalue weighted by atomic mass is 16.6. The van der Waals surface area contributed by atoms with Crippen molar-refractivity contribution in [2.45, 2.75) is 125 Å². The van der Waals surface area contributed by atoms with Crippen molar-refractivity contribution in [3.63, 3.8) is 0 Å². The first-order valence-electron chi connectivity index (χ1n) is 28.3. The molecular formula is C73H69BN2O2. The second-order valence-corrected chi connectivity index (χ2v) is 26.2. The molecule has 0 fully saturated rings. The lowest BCUT2D eigenvalue weighted by Gasteiger charge is -2.48. The molecule has 9 aromatic carbocycles. The Labute approximate surface area is 462 Å². The Hall–Kier alpha value is -7.76. The summed E-state index contributed by atoms with van der Waals surface area (Å²) in [5.74, 6) is 2.85. The van der Waals surface area contributed by atoms with Gasteiger partial charge < -0.3 is 19.2 Å². The molecule has 0 bridgehead atoms. The third-order valence-corrected chi connectivity index (χ3v) is 18.7. The molecule has 5 heteroatoms. The Balaban J connectivity index is 1.18. The zero-order valence-electron chi connectivity index (χ0n) is 47.7. The quantitative estimate of drug-likeness (QED) is 0.164. The summed E-state index contributed by atoms with van der Waals surface area (Å²) in [6.45, 7) is 30.5. The number of nitrogens with zero attached hydrogens (tertiary/aromatic N) is 2. The van der Waals surface area contributed by atoms with Gasteiger partial charge in [0.25, 0.3) is 0 Å². The van der Waals surface area contributed by atoms with Gasteiger partial charge in [-0.1, -0.05) is 165 Å². The van der Waals surface area contributed by atoms with Crippen molar-refractivity contribution in [1.82, 2.24) is 0 Å². The SMILES string of the molecule is Cc1cc(C)c(-c2cc3c4c(c2)N(c2cc5c(cc2C)C(C)(C)CCC5(C)C)c2cc5c(cc2B4N(c2ccc(C(C)(C)C)cc2-c2ccccc2)c2ccc4c(c2-3)-c2ccccc2C4(C)C)Oc2ccccc2O5)c(C)c1. The number of hydrogen-bond acceptors (Lipinski definition) is 4. The maximum absolute atomic E-state index is 6.99. The second kappa shape index (κ2) is 16.6. The fraction of sp³-hybridized carbons (Fsp3) is 0.260. The van der Waals surface area contributed by atoms with Gasteiger partial charge in [0.05, 0.1) is 0 Å². The molecule has 0 N–H and O–H groups in total. The highest BCUT2D eigenvalue weighted by molar-refractivity contribution is 6.94. The maximum Gasteiger partial charge on any atom is 0.333 e. The summed E-state index contributed by atoms with van der Waals surface area (Å²) in [6.07, 6.45) is 2.27. The molecule has 3 aliphatic heterocycles. The molecule has 2 aliphatic carbocycles. The van der Waals surface area contributed by atoms with Crippen LogP contribution in [0.5, 0.6) is 23.0 Å². The van der Waals surface area contributed by atoms with E-state index in [0.29, 0.717) is 17.2 Å². The van der Waals surface area contributed by atoms with Gasteiger partial charge in [-0.3, -0.25) is 0 Å². The Morgan fingerprint density at radius 3 is 1.76 bits per heavy atom. The summed E-state index contributed by atoms with van der Waals surface area (Å²) in [5, 5.41) is 0. The summed E-state index contributed by atoms with van der Waals surface area (Å²) in [5.41, 5.74) is 30.0. The van der Waals surface area contributed by atoms with Crippen LogP contribution in [0.1, 0.15) is 125 Å². The smallest absolute Gasteiger partial charge is 0.333 e. The molecule has 386 valence electrons. The molecule has 0 atom stereocenters. The minimum atomic E-state index is -0.298. The lowest BCUT2D eigenvalue weighted by Crippen LogP contribution is -2.61. The largest absolute Gasteiger partial charge is 0.450 e. The number of ether oxygens (including phenoxy) is 2. The van der Waals surface area contributed by atoms with Gasteiger partial charge in [0.15, 0.2) is 23.0 Å². The van der Waals surface area contributed by atoms with Crippen molar-refractivity contribution in [2.24, 2.45) is 0 Å². The molecule has 0 aromatic heterocycles. The average molecular weight is 1020 g/mol. The fourth-order valence-electron chi connectivity index (χ4n) is 14.6. The minimum Gasteiger partial charge on any atom is -0.450 e. The van der Waals surface area contributed by atoms with Crippen molar-refractivity contribution < 1.29 is 9.47 Å². The topological polar surface area (TPSA) is 24.9 Å². The summed E-state index contributed by atoms with van der Waals surface area (Å²) in [7, 11) is 0.